The third-order valence-corrected chi connectivity index (χ3v) is 3.29. The van der Waals surface area contributed by atoms with Crippen LogP contribution in [0, 0.1) is 0 Å². The zero-order valence-electron chi connectivity index (χ0n) is 13.1. The van der Waals surface area contributed by atoms with Crippen molar-refractivity contribution in [2.45, 2.75) is 25.8 Å². The van der Waals surface area contributed by atoms with E-state index in [1.165, 1.54) is 0 Å². The number of esters is 2. The van der Waals surface area contributed by atoms with Crippen molar-refractivity contribution in [3.63, 3.8) is 0 Å². The highest BCUT2D eigenvalue weighted by atomic mass is 16.6. The van der Waals surface area contributed by atoms with E-state index < -0.39 is 17.5 Å². The number of ether oxygens (including phenoxy) is 2. The minimum absolute atomic E-state index is 0.207. The molecule has 0 aliphatic rings. The molecule has 0 aliphatic heterocycles. The highest BCUT2D eigenvalue weighted by Gasteiger charge is 2.51. The molecule has 0 N–H and O–H groups in total. The Balaban J connectivity index is 3.23. The van der Waals surface area contributed by atoms with E-state index in [0.717, 1.165) is 5.56 Å². The van der Waals surface area contributed by atoms with Crippen LogP contribution in [-0.2, 0) is 25.5 Å². The molecule has 0 aromatic heterocycles. The van der Waals surface area contributed by atoms with Gasteiger partial charge in [-0.1, -0.05) is 30.3 Å². The number of likely N-dealkylation sites (N-methyl/N-ethyl adjacent to an activating group) is 1. The Morgan fingerprint density at radius 3 is 1.86 bits per heavy atom. The number of carbonyl (C=O) groups is 2. The summed E-state index contributed by atoms with van der Waals surface area (Å²) in [5, 5.41) is 0. The summed E-state index contributed by atoms with van der Waals surface area (Å²) >= 11 is 0. The van der Waals surface area contributed by atoms with Gasteiger partial charge in [-0.3, -0.25) is 4.90 Å². The minimum Gasteiger partial charge on any atom is -0.464 e. The average molecular weight is 293 g/mol. The van der Waals surface area contributed by atoms with E-state index in [1.807, 2.05) is 30.3 Å². The van der Waals surface area contributed by atoms with E-state index in [-0.39, 0.29) is 19.6 Å². The van der Waals surface area contributed by atoms with Gasteiger partial charge in [0.15, 0.2) is 0 Å². The van der Waals surface area contributed by atoms with Gasteiger partial charge < -0.3 is 9.47 Å². The van der Waals surface area contributed by atoms with Gasteiger partial charge in [-0.2, -0.15) is 0 Å². The van der Waals surface area contributed by atoms with Gasteiger partial charge in [-0.05, 0) is 33.5 Å². The molecule has 21 heavy (non-hydrogen) atoms. The first-order chi connectivity index (χ1) is 9.98. The molecule has 0 atom stereocenters. The zero-order chi connectivity index (χ0) is 15.9. The predicted octanol–water partition coefficient (Wildman–Crippen LogP) is 1.66. The molecular weight excluding hydrogens is 270 g/mol. The van der Waals surface area contributed by atoms with Crippen LogP contribution in [0.2, 0.25) is 0 Å². The van der Waals surface area contributed by atoms with Crippen LogP contribution >= 0.6 is 0 Å². The fourth-order valence-corrected chi connectivity index (χ4v) is 2.14. The Labute approximate surface area is 125 Å². The number of hydrogen-bond donors (Lipinski definition) is 0. The van der Waals surface area contributed by atoms with E-state index in [0.29, 0.717) is 0 Å². The van der Waals surface area contributed by atoms with Crippen LogP contribution < -0.4 is 0 Å². The van der Waals surface area contributed by atoms with Gasteiger partial charge in [0.2, 0.25) is 5.54 Å². The van der Waals surface area contributed by atoms with E-state index in [1.54, 1.807) is 32.8 Å². The number of rotatable bonds is 7. The minimum atomic E-state index is -1.46. The van der Waals surface area contributed by atoms with Gasteiger partial charge >= 0.3 is 11.9 Å². The van der Waals surface area contributed by atoms with Crippen molar-refractivity contribution in [2.75, 3.05) is 27.3 Å². The summed E-state index contributed by atoms with van der Waals surface area (Å²) in [7, 11) is 3.35. The Morgan fingerprint density at radius 1 is 1.00 bits per heavy atom. The molecule has 0 heterocycles. The van der Waals surface area contributed by atoms with Crippen molar-refractivity contribution in [3.8, 4) is 0 Å². The predicted molar refractivity (Wildman–Crippen MR) is 79.8 cm³/mol. The lowest BCUT2D eigenvalue weighted by molar-refractivity contribution is -0.173. The topological polar surface area (TPSA) is 55.8 Å². The summed E-state index contributed by atoms with van der Waals surface area (Å²) in [5.41, 5.74) is -0.597. The van der Waals surface area contributed by atoms with Crippen LogP contribution in [0.25, 0.3) is 0 Å². The maximum absolute atomic E-state index is 12.5. The van der Waals surface area contributed by atoms with Crippen molar-refractivity contribution >= 4 is 11.9 Å². The van der Waals surface area contributed by atoms with E-state index in [2.05, 4.69) is 0 Å². The second-order valence-electron chi connectivity index (χ2n) is 4.86. The third-order valence-electron chi connectivity index (χ3n) is 3.29. The zero-order valence-corrected chi connectivity index (χ0v) is 13.1. The summed E-state index contributed by atoms with van der Waals surface area (Å²) in [6, 6.07) is 9.36. The second-order valence-corrected chi connectivity index (χ2v) is 4.86. The fourth-order valence-electron chi connectivity index (χ4n) is 2.14. The van der Waals surface area contributed by atoms with Crippen molar-refractivity contribution in [3.05, 3.63) is 35.9 Å². The van der Waals surface area contributed by atoms with Crippen LogP contribution in [-0.4, -0.2) is 49.7 Å². The van der Waals surface area contributed by atoms with Crippen molar-refractivity contribution in [2.24, 2.45) is 0 Å². The molecule has 0 unspecified atom stereocenters. The summed E-state index contributed by atoms with van der Waals surface area (Å²) in [4.78, 5) is 26.5. The molecule has 116 valence electrons. The molecule has 1 rings (SSSR count). The van der Waals surface area contributed by atoms with E-state index in [4.69, 9.17) is 9.47 Å². The van der Waals surface area contributed by atoms with Crippen molar-refractivity contribution < 1.29 is 19.1 Å². The number of hydrogen-bond acceptors (Lipinski definition) is 5. The molecule has 0 bridgehead atoms. The fraction of sp³-hybridized carbons (Fsp3) is 0.500. The molecule has 0 fully saturated rings. The third kappa shape index (κ3) is 3.82. The van der Waals surface area contributed by atoms with Crippen LogP contribution in [0.5, 0.6) is 0 Å². The Bertz CT molecular complexity index is 452. The van der Waals surface area contributed by atoms with E-state index >= 15 is 0 Å². The molecule has 5 heteroatoms. The summed E-state index contributed by atoms with van der Waals surface area (Å²) in [5.74, 6) is -1.17. The van der Waals surface area contributed by atoms with Gasteiger partial charge in [-0.15, -0.1) is 0 Å². The molecule has 1 aromatic rings. The summed E-state index contributed by atoms with van der Waals surface area (Å²) in [6.45, 7) is 3.85. The molecule has 0 radical (unpaired) electrons. The molecule has 0 saturated heterocycles. The van der Waals surface area contributed by atoms with Gasteiger partial charge in [0.25, 0.3) is 0 Å². The first kappa shape index (κ1) is 17.2. The van der Waals surface area contributed by atoms with Crippen LogP contribution in [0.15, 0.2) is 30.3 Å². The first-order valence-corrected chi connectivity index (χ1v) is 7.04. The molecule has 0 saturated carbocycles. The molecule has 1 aromatic carbocycles. The lowest BCUT2D eigenvalue weighted by Gasteiger charge is -2.35. The normalized spacial score (nSPS) is 11.3. The lowest BCUT2D eigenvalue weighted by atomic mass is 9.89. The average Bonchev–Trinajstić information content (AvgIpc) is 2.45. The Hall–Kier alpha value is -1.88. The summed E-state index contributed by atoms with van der Waals surface area (Å²) in [6.07, 6.45) is 0.207. The Kier molecular flexibility index (Phi) is 6.37. The first-order valence-electron chi connectivity index (χ1n) is 7.04. The molecular formula is C16H23NO4. The number of nitrogens with zero attached hydrogens (tertiary/aromatic N) is 1. The maximum Gasteiger partial charge on any atom is 0.338 e. The SMILES string of the molecule is CCOC(=O)C(Cc1ccccc1)(C(=O)OCC)N(C)C. The molecule has 5 nitrogen and oxygen atoms in total. The van der Waals surface area contributed by atoms with Crippen molar-refractivity contribution in [1.29, 1.82) is 0 Å². The molecule has 0 aliphatic carbocycles. The van der Waals surface area contributed by atoms with Crippen LogP contribution in [0.3, 0.4) is 0 Å². The monoisotopic (exact) mass is 293 g/mol. The highest BCUT2D eigenvalue weighted by molar-refractivity contribution is 6.05. The second kappa shape index (κ2) is 7.78. The van der Waals surface area contributed by atoms with Gasteiger partial charge in [0, 0.05) is 6.42 Å². The van der Waals surface area contributed by atoms with Gasteiger partial charge in [-0.25, -0.2) is 9.59 Å². The van der Waals surface area contributed by atoms with Crippen LogP contribution in [0.4, 0.5) is 0 Å². The molecule has 0 amide bonds. The van der Waals surface area contributed by atoms with Gasteiger partial charge in [0.1, 0.15) is 0 Å². The smallest absolute Gasteiger partial charge is 0.338 e. The highest BCUT2D eigenvalue weighted by Crippen LogP contribution is 2.23. The van der Waals surface area contributed by atoms with Gasteiger partial charge in [0.05, 0.1) is 13.2 Å². The number of carbonyl (C=O) groups excluding carboxylic acids is 2. The largest absolute Gasteiger partial charge is 0.464 e. The molecule has 0 spiro atoms. The lowest BCUT2D eigenvalue weighted by Crippen LogP contribution is -2.60. The standard InChI is InChI=1S/C16H23NO4/c1-5-20-14(18)16(17(3)4,15(19)21-6-2)12-13-10-8-7-9-11-13/h7-11H,5-6,12H2,1-4H3. The summed E-state index contributed by atoms with van der Waals surface area (Å²) < 4.78 is 10.3. The van der Waals surface area contributed by atoms with E-state index in [9.17, 15) is 9.59 Å². The Morgan fingerprint density at radius 2 is 1.48 bits per heavy atom. The van der Waals surface area contributed by atoms with Crippen molar-refractivity contribution in [1.82, 2.24) is 4.90 Å². The quantitative estimate of drug-likeness (QED) is 0.565. The maximum atomic E-state index is 12.5. The van der Waals surface area contributed by atoms with Crippen LogP contribution in [0.1, 0.15) is 19.4 Å². The number of benzene rings is 1.